The molecule has 1 amide bonds. The van der Waals surface area contributed by atoms with Crippen molar-refractivity contribution >= 4 is 17.6 Å². The number of carbonyl (C=O) groups is 2. The first-order valence-corrected chi connectivity index (χ1v) is 11.6. The summed E-state index contributed by atoms with van der Waals surface area (Å²) in [6, 6.07) is 16.3. The Labute approximate surface area is 208 Å². The molecule has 9 heteroatoms. The smallest absolute Gasteiger partial charge is 0.358 e. The van der Waals surface area contributed by atoms with E-state index in [1.54, 1.807) is 58.8 Å². The van der Waals surface area contributed by atoms with E-state index in [-0.39, 0.29) is 29.6 Å². The maximum Gasteiger partial charge on any atom is 0.358 e. The molecular weight excluding hydrogens is 461 g/mol. The molecule has 0 unspecified atom stereocenters. The molecule has 0 aliphatic carbocycles. The van der Waals surface area contributed by atoms with Crippen molar-refractivity contribution in [1.82, 2.24) is 19.6 Å². The van der Waals surface area contributed by atoms with Crippen LogP contribution in [0.3, 0.4) is 0 Å². The molecule has 0 fully saturated rings. The third kappa shape index (κ3) is 5.19. The summed E-state index contributed by atoms with van der Waals surface area (Å²) >= 11 is 0. The van der Waals surface area contributed by atoms with E-state index in [2.05, 4.69) is 15.5 Å². The molecule has 0 radical (unpaired) electrons. The fourth-order valence-corrected chi connectivity index (χ4v) is 3.79. The topological polar surface area (TPSA) is 91.0 Å². The fourth-order valence-electron chi connectivity index (χ4n) is 3.79. The number of nitrogens with one attached hydrogen (secondary N) is 1. The van der Waals surface area contributed by atoms with Gasteiger partial charge < -0.3 is 10.1 Å². The molecule has 1 N–H and O–H groups in total. The maximum atomic E-state index is 13.5. The Kier molecular flexibility index (Phi) is 6.74. The van der Waals surface area contributed by atoms with E-state index in [0.29, 0.717) is 28.3 Å². The Morgan fingerprint density at radius 2 is 1.75 bits per heavy atom. The molecule has 2 aromatic carbocycles. The highest BCUT2D eigenvalue weighted by atomic mass is 19.1. The number of hydrogen-bond donors (Lipinski definition) is 1. The van der Waals surface area contributed by atoms with Gasteiger partial charge in [-0.2, -0.15) is 10.2 Å². The molecule has 0 spiro atoms. The summed E-state index contributed by atoms with van der Waals surface area (Å²) in [4.78, 5) is 25.5. The number of anilines is 1. The van der Waals surface area contributed by atoms with Crippen molar-refractivity contribution in [2.24, 2.45) is 0 Å². The molecule has 2 aromatic heterocycles. The number of rotatable bonds is 6. The van der Waals surface area contributed by atoms with Crippen molar-refractivity contribution in [2.75, 3.05) is 11.9 Å². The lowest BCUT2D eigenvalue weighted by molar-refractivity contribution is 0.0518. The van der Waals surface area contributed by atoms with Crippen LogP contribution in [0.4, 0.5) is 10.1 Å². The zero-order chi connectivity index (χ0) is 26.0. The number of halogens is 1. The lowest BCUT2D eigenvalue weighted by Gasteiger charge is -2.22. The zero-order valence-electron chi connectivity index (χ0n) is 20.9. The number of amides is 1. The Morgan fingerprint density at radius 1 is 1.03 bits per heavy atom. The highest BCUT2D eigenvalue weighted by molar-refractivity contribution is 6.03. The number of hydrogen-bond acceptors (Lipinski definition) is 5. The van der Waals surface area contributed by atoms with E-state index in [1.807, 2.05) is 33.8 Å². The van der Waals surface area contributed by atoms with Crippen LogP contribution in [0.1, 0.15) is 54.4 Å². The normalized spacial score (nSPS) is 11.4. The van der Waals surface area contributed by atoms with E-state index in [4.69, 9.17) is 4.74 Å². The number of aromatic nitrogens is 4. The van der Waals surface area contributed by atoms with E-state index < -0.39 is 5.97 Å². The summed E-state index contributed by atoms with van der Waals surface area (Å²) in [7, 11) is 0. The molecule has 0 aliphatic heterocycles. The van der Waals surface area contributed by atoms with Crippen LogP contribution in [-0.4, -0.2) is 38.0 Å². The zero-order valence-corrected chi connectivity index (χ0v) is 20.9. The van der Waals surface area contributed by atoms with Crippen LogP contribution in [0, 0.1) is 12.7 Å². The van der Waals surface area contributed by atoms with Gasteiger partial charge in [-0.3, -0.25) is 9.48 Å². The quantitative estimate of drug-likeness (QED) is 0.368. The van der Waals surface area contributed by atoms with Crippen LogP contribution in [0.5, 0.6) is 0 Å². The van der Waals surface area contributed by atoms with E-state index in [1.165, 1.54) is 12.1 Å². The largest absolute Gasteiger partial charge is 0.461 e. The predicted octanol–water partition coefficient (Wildman–Crippen LogP) is 5.37. The van der Waals surface area contributed by atoms with Crippen LogP contribution in [0.15, 0.2) is 60.7 Å². The molecule has 0 atom stereocenters. The van der Waals surface area contributed by atoms with Crippen molar-refractivity contribution in [3.63, 3.8) is 0 Å². The maximum absolute atomic E-state index is 13.5. The van der Waals surface area contributed by atoms with Gasteiger partial charge in [0.05, 0.1) is 29.2 Å². The Bertz CT molecular complexity index is 1410. The number of nitrogens with zero attached hydrogens (tertiary/aromatic N) is 4. The monoisotopic (exact) mass is 489 g/mol. The SMILES string of the molecule is CCOC(=O)c1cc(-c2cccc(NC(=O)c3cc(C)nn3C(C)(C)C)c2)n(-c2ccc(F)cc2)n1. The second kappa shape index (κ2) is 9.77. The van der Waals surface area contributed by atoms with Crippen molar-refractivity contribution in [3.8, 4) is 16.9 Å². The number of aryl methyl sites for hydroxylation is 1. The molecule has 186 valence electrons. The molecule has 0 bridgehead atoms. The van der Waals surface area contributed by atoms with Crippen LogP contribution in [0.25, 0.3) is 16.9 Å². The van der Waals surface area contributed by atoms with Crippen molar-refractivity contribution in [3.05, 3.63) is 83.6 Å². The van der Waals surface area contributed by atoms with Crippen LogP contribution >= 0.6 is 0 Å². The van der Waals surface area contributed by atoms with Crippen molar-refractivity contribution in [1.29, 1.82) is 0 Å². The molecule has 36 heavy (non-hydrogen) atoms. The lowest BCUT2D eigenvalue weighted by Crippen LogP contribution is -2.29. The highest BCUT2D eigenvalue weighted by Crippen LogP contribution is 2.27. The summed E-state index contributed by atoms with van der Waals surface area (Å²) in [6.45, 7) is 9.72. The van der Waals surface area contributed by atoms with Crippen LogP contribution < -0.4 is 5.32 Å². The van der Waals surface area contributed by atoms with Crippen LogP contribution in [0.2, 0.25) is 0 Å². The second-order valence-corrected chi connectivity index (χ2v) is 9.31. The Balaban J connectivity index is 1.71. The van der Waals surface area contributed by atoms with Gasteiger partial charge in [-0.1, -0.05) is 12.1 Å². The van der Waals surface area contributed by atoms with Gasteiger partial charge in [-0.25, -0.2) is 13.9 Å². The molecule has 0 aliphatic rings. The lowest BCUT2D eigenvalue weighted by atomic mass is 10.1. The van der Waals surface area contributed by atoms with Gasteiger partial charge in [-0.15, -0.1) is 0 Å². The second-order valence-electron chi connectivity index (χ2n) is 9.31. The highest BCUT2D eigenvalue weighted by Gasteiger charge is 2.23. The first kappa shape index (κ1) is 24.8. The minimum Gasteiger partial charge on any atom is -0.461 e. The third-order valence-electron chi connectivity index (χ3n) is 5.38. The van der Waals surface area contributed by atoms with Gasteiger partial charge in [0.1, 0.15) is 11.5 Å². The van der Waals surface area contributed by atoms with Crippen LogP contribution in [-0.2, 0) is 10.3 Å². The molecule has 0 saturated carbocycles. The number of carbonyl (C=O) groups excluding carboxylic acids is 2. The number of benzene rings is 2. The van der Waals surface area contributed by atoms with Gasteiger partial charge >= 0.3 is 5.97 Å². The summed E-state index contributed by atoms with van der Waals surface area (Å²) in [5.41, 5.74) is 3.35. The molecular formula is C27H28FN5O3. The van der Waals surface area contributed by atoms with Gasteiger partial charge in [0.15, 0.2) is 5.69 Å². The van der Waals surface area contributed by atoms with Gasteiger partial charge in [0.2, 0.25) is 0 Å². The average Bonchev–Trinajstić information content (AvgIpc) is 3.44. The summed E-state index contributed by atoms with van der Waals surface area (Å²) < 4.78 is 21.9. The van der Waals surface area contributed by atoms with E-state index in [0.717, 1.165) is 5.69 Å². The van der Waals surface area contributed by atoms with Crippen molar-refractivity contribution in [2.45, 2.75) is 40.2 Å². The number of esters is 1. The molecule has 4 rings (SSSR count). The third-order valence-corrected chi connectivity index (χ3v) is 5.38. The van der Waals surface area contributed by atoms with E-state index in [9.17, 15) is 14.0 Å². The molecule has 8 nitrogen and oxygen atoms in total. The summed E-state index contributed by atoms with van der Waals surface area (Å²) in [6.07, 6.45) is 0. The van der Waals surface area contributed by atoms with Gasteiger partial charge in [0.25, 0.3) is 5.91 Å². The van der Waals surface area contributed by atoms with Gasteiger partial charge in [0, 0.05) is 11.3 Å². The predicted molar refractivity (Wildman–Crippen MR) is 135 cm³/mol. The van der Waals surface area contributed by atoms with Gasteiger partial charge in [-0.05, 0) is 83.1 Å². The molecule has 2 heterocycles. The first-order valence-electron chi connectivity index (χ1n) is 11.6. The standard InChI is InChI=1S/C27H28FN5O3/c1-6-36-26(35)22-16-23(32(31-22)21-12-10-19(28)11-13-21)18-8-7-9-20(15-18)29-25(34)24-14-17(2)30-33(24)27(3,4)5/h7-16H,6H2,1-5H3,(H,29,34). The first-order chi connectivity index (χ1) is 17.1. The Hall–Kier alpha value is -4.27. The summed E-state index contributed by atoms with van der Waals surface area (Å²) in [5.74, 6) is -1.23. The van der Waals surface area contributed by atoms with E-state index >= 15 is 0 Å². The fraction of sp³-hybridized carbons (Fsp3) is 0.259. The molecule has 4 aromatic rings. The minimum absolute atomic E-state index is 0.121. The van der Waals surface area contributed by atoms with Crippen molar-refractivity contribution < 1.29 is 18.7 Å². The number of ether oxygens (including phenoxy) is 1. The minimum atomic E-state index is -0.560. The summed E-state index contributed by atoms with van der Waals surface area (Å²) in [5, 5.41) is 11.8. The Morgan fingerprint density at radius 3 is 2.42 bits per heavy atom. The average molecular weight is 490 g/mol. The molecule has 0 saturated heterocycles.